The third-order valence-electron chi connectivity index (χ3n) is 2.73. The van der Waals surface area contributed by atoms with Gasteiger partial charge in [-0.05, 0) is 13.8 Å². The van der Waals surface area contributed by atoms with E-state index >= 15 is 0 Å². The van der Waals surface area contributed by atoms with Crippen LogP contribution in [0, 0.1) is 0 Å². The number of rotatable bonds is 1. The zero-order valence-electron chi connectivity index (χ0n) is 9.28. The third-order valence-corrected chi connectivity index (χ3v) is 2.73. The Labute approximate surface area is 89.8 Å². The van der Waals surface area contributed by atoms with Crippen LogP contribution in [-0.2, 0) is 14.3 Å². The summed E-state index contributed by atoms with van der Waals surface area (Å²) in [7, 11) is 0. The fraction of sp³-hybridized carbons (Fsp3) is 0.727. The van der Waals surface area contributed by atoms with Gasteiger partial charge in [0, 0.05) is 19.0 Å². The van der Waals surface area contributed by atoms with E-state index in [0.29, 0.717) is 19.8 Å². The summed E-state index contributed by atoms with van der Waals surface area (Å²) in [6.45, 7) is 6.42. The van der Waals surface area contributed by atoms with Crippen molar-refractivity contribution in [2.45, 2.75) is 26.1 Å². The Hall–Kier alpha value is -0.870. The van der Waals surface area contributed by atoms with Crippen LogP contribution < -0.4 is 0 Å². The molecule has 15 heavy (non-hydrogen) atoms. The highest BCUT2D eigenvalue weighted by Gasteiger charge is 2.44. The van der Waals surface area contributed by atoms with Crippen LogP contribution in [0.2, 0.25) is 0 Å². The largest absolute Gasteiger partial charge is 0.346 e. The average molecular weight is 211 g/mol. The first-order valence-corrected chi connectivity index (χ1v) is 5.33. The van der Waals surface area contributed by atoms with Gasteiger partial charge in [0.15, 0.2) is 5.79 Å². The van der Waals surface area contributed by atoms with Crippen molar-refractivity contribution in [2.75, 3.05) is 26.3 Å². The van der Waals surface area contributed by atoms with E-state index in [-0.39, 0.29) is 5.91 Å². The van der Waals surface area contributed by atoms with Crippen molar-refractivity contribution in [3.05, 3.63) is 11.6 Å². The lowest BCUT2D eigenvalue weighted by Crippen LogP contribution is -2.36. The van der Waals surface area contributed by atoms with Crippen LogP contribution in [0.3, 0.4) is 0 Å². The number of amides is 1. The van der Waals surface area contributed by atoms with E-state index in [1.54, 1.807) is 11.0 Å². The molecule has 0 aromatic carbocycles. The van der Waals surface area contributed by atoms with Gasteiger partial charge in [-0.1, -0.05) is 5.57 Å². The molecular formula is C11H17NO3. The monoisotopic (exact) mass is 211 g/mol. The topological polar surface area (TPSA) is 38.8 Å². The Morgan fingerprint density at radius 3 is 2.60 bits per heavy atom. The normalized spacial score (nSPS) is 23.5. The molecule has 2 heterocycles. The molecule has 4 heteroatoms. The smallest absolute Gasteiger partial charge is 0.246 e. The molecule has 1 amide bonds. The second kappa shape index (κ2) is 3.94. The molecule has 0 radical (unpaired) electrons. The summed E-state index contributed by atoms with van der Waals surface area (Å²) in [6.07, 6.45) is 2.45. The maximum Gasteiger partial charge on any atom is 0.246 e. The van der Waals surface area contributed by atoms with Gasteiger partial charge in [0.05, 0.1) is 19.8 Å². The Morgan fingerprint density at radius 2 is 2.00 bits per heavy atom. The van der Waals surface area contributed by atoms with Crippen molar-refractivity contribution in [3.8, 4) is 0 Å². The maximum atomic E-state index is 11.7. The van der Waals surface area contributed by atoms with Crippen molar-refractivity contribution in [1.29, 1.82) is 0 Å². The molecule has 0 N–H and O–H groups in total. The first-order chi connectivity index (χ1) is 7.11. The molecule has 2 saturated heterocycles. The van der Waals surface area contributed by atoms with Gasteiger partial charge in [-0.3, -0.25) is 4.79 Å². The summed E-state index contributed by atoms with van der Waals surface area (Å²) in [4.78, 5) is 13.5. The Balaban J connectivity index is 1.98. The van der Waals surface area contributed by atoms with E-state index < -0.39 is 5.79 Å². The zero-order valence-corrected chi connectivity index (χ0v) is 9.28. The first kappa shape index (κ1) is 10.6. The molecule has 0 bridgehead atoms. The van der Waals surface area contributed by atoms with Crippen molar-refractivity contribution in [1.82, 2.24) is 4.90 Å². The molecule has 4 nitrogen and oxygen atoms in total. The molecule has 0 unspecified atom stereocenters. The highest BCUT2D eigenvalue weighted by molar-refractivity contribution is 5.88. The molecular weight excluding hydrogens is 194 g/mol. The van der Waals surface area contributed by atoms with Crippen LogP contribution in [-0.4, -0.2) is 42.9 Å². The summed E-state index contributed by atoms with van der Waals surface area (Å²) in [5.74, 6) is -0.434. The van der Waals surface area contributed by atoms with Crippen molar-refractivity contribution >= 4 is 5.91 Å². The number of ether oxygens (including phenoxy) is 2. The van der Waals surface area contributed by atoms with Gasteiger partial charge in [0.25, 0.3) is 0 Å². The minimum Gasteiger partial charge on any atom is -0.346 e. The quantitative estimate of drug-likeness (QED) is 0.606. The summed E-state index contributed by atoms with van der Waals surface area (Å²) in [6, 6.07) is 0. The van der Waals surface area contributed by atoms with Gasteiger partial charge < -0.3 is 14.4 Å². The lowest BCUT2D eigenvalue weighted by molar-refractivity contribution is -0.150. The van der Waals surface area contributed by atoms with Gasteiger partial charge in [-0.15, -0.1) is 0 Å². The van der Waals surface area contributed by atoms with Gasteiger partial charge in [-0.25, -0.2) is 0 Å². The lowest BCUT2D eigenvalue weighted by atomic mass is 10.2. The molecule has 2 rings (SSSR count). The number of hydrogen-bond donors (Lipinski definition) is 0. The van der Waals surface area contributed by atoms with Gasteiger partial charge in [0.1, 0.15) is 0 Å². The molecule has 1 spiro atoms. The van der Waals surface area contributed by atoms with E-state index in [0.717, 1.165) is 18.5 Å². The van der Waals surface area contributed by atoms with Gasteiger partial charge in [0.2, 0.25) is 5.91 Å². The fourth-order valence-corrected chi connectivity index (χ4v) is 2.01. The van der Waals surface area contributed by atoms with Crippen LogP contribution in [0.4, 0.5) is 0 Å². The van der Waals surface area contributed by atoms with E-state index in [2.05, 4.69) is 0 Å². The summed E-state index contributed by atoms with van der Waals surface area (Å²) in [5.41, 5.74) is 1.02. The molecule has 2 fully saturated rings. The zero-order chi connectivity index (χ0) is 10.9. The number of carbonyl (C=O) groups excluding carboxylic acids is 1. The maximum absolute atomic E-state index is 11.7. The summed E-state index contributed by atoms with van der Waals surface area (Å²) < 4.78 is 11.1. The summed E-state index contributed by atoms with van der Waals surface area (Å²) >= 11 is 0. The van der Waals surface area contributed by atoms with Gasteiger partial charge >= 0.3 is 0 Å². The minimum atomic E-state index is -0.495. The van der Waals surface area contributed by atoms with Crippen LogP contribution in [0.25, 0.3) is 0 Å². The fourth-order valence-electron chi connectivity index (χ4n) is 2.01. The minimum absolute atomic E-state index is 0.0611. The molecule has 0 atom stereocenters. The number of nitrogens with zero attached hydrogens (tertiary/aromatic N) is 1. The number of allylic oxidation sites excluding steroid dienone is 1. The molecule has 2 aliphatic heterocycles. The average Bonchev–Trinajstić information content (AvgIpc) is 2.76. The van der Waals surface area contributed by atoms with E-state index in [9.17, 15) is 4.79 Å². The Bertz CT molecular complexity index is 288. The second-order valence-corrected chi connectivity index (χ2v) is 4.34. The predicted octanol–water partition coefficient (Wildman–Crippen LogP) is 0.928. The summed E-state index contributed by atoms with van der Waals surface area (Å²) in [5, 5.41) is 0. The molecule has 0 saturated carbocycles. The number of hydrogen-bond acceptors (Lipinski definition) is 3. The molecule has 0 aliphatic carbocycles. The number of likely N-dealkylation sites (tertiary alicyclic amines) is 1. The highest BCUT2D eigenvalue weighted by atomic mass is 16.7. The Kier molecular flexibility index (Phi) is 2.80. The predicted molar refractivity (Wildman–Crippen MR) is 55.3 cm³/mol. The molecule has 84 valence electrons. The van der Waals surface area contributed by atoms with E-state index in [4.69, 9.17) is 9.47 Å². The van der Waals surface area contributed by atoms with E-state index in [1.807, 2.05) is 13.8 Å². The Morgan fingerprint density at radius 1 is 1.33 bits per heavy atom. The standard InChI is InChI=1S/C11H17NO3/c1-9(2)7-10(13)12-4-3-11(8-12)14-5-6-15-11/h7H,3-6,8H2,1-2H3. The van der Waals surface area contributed by atoms with Crippen molar-refractivity contribution in [2.24, 2.45) is 0 Å². The molecule has 2 aliphatic rings. The lowest BCUT2D eigenvalue weighted by Gasteiger charge is -2.21. The molecule has 0 aromatic rings. The van der Waals surface area contributed by atoms with E-state index in [1.165, 1.54) is 0 Å². The first-order valence-electron chi connectivity index (χ1n) is 5.33. The van der Waals surface area contributed by atoms with Gasteiger partial charge in [-0.2, -0.15) is 0 Å². The van der Waals surface area contributed by atoms with Crippen LogP contribution in [0.1, 0.15) is 20.3 Å². The van der Waals surface area contributed by atoms with Crippen LogP contribution in [0.15, 0.2) is 11.6 Å². The second-order valence-electron chi connectivity index (χ2n) is 4.34. The van der Waals surface area contributed by atoms with Crippen molar-refractivity contribution in [3.63, 3.8) is 0 Å². The number of carbonyl (C=O) groups is 1. The van der Waals surface area contributed by atoms with Crippen LogP contribution >= 0.6 is 0 Å². The highest BCUT2D eigenvalue weighted by Crippen LogP contribution is 2.30. The van der Waals surface area contributed by atoms with Crippen molar-refractivity contribution < 1.29 is 14.3 Å². The SMILES string of the molecule is CC(C)=CC(=O)N1CCC2(C1)OCCO2. The molecule has 0 aromatic heterocycles. The van der Waals surface area contributed by atoms with Crippen LogP contribution in [0.5, 0.6) is 0 Å². The third kappa shape index (κ3) is 2.21.